The van der Waals surface area contributed by atoms with E-state index >= 15 is 0 Å². The van der Waals surface area contributed by atoms with E-state index in [0.717, 1.165) is 30.8 Å². The summed E-state index contributed by atoms with van der Waals surface area (Å²) in [5.41, 5.74) is 7.80. The molecule has 1 aromatic heterocycles. The molecule has 0 radical (unpaired) electrons. The van der Waals surface area contributed by atoms with Crippen LogP contribution in [0.5, 0.6) is 0 Å². The zero-order valence-electron chi connectivity index (χ0n) is 9.25. The third-order valence-corrected chi connectivity index (χ3v) is 3.04. The summed E-state index contributed by atoms with van der Waals surface area (Å²) in [5, 5.41) is 11.1. The fourth-order valence-corrected chi connectivity index (χ4v) is 1.59. The fourth-order valence-electron chi connectivity index (χ4n) is 1.59. The molecule has 0 saturated heterocycles. The maximum Gasteiger partial charge on any atom is 0.243 e. The van der Waals surface area contributed by atoms with Gasteiger partial charge in [0.1, 0.15) is 0 Å². The predicted octanol–water partition coefficient (Wildman–Crippen LogP) is 0.782. The van der Waals surface area contributed by atoms with E-state index in [1.165, 1.54) is 6.42 Å². The second-order valence-electron chi connectivity index (χ2n) is 4.38. The SMILES string of the molecule is Cc1nnc(NCC2(N)CCC2)nc1C. The molecule has 0 unspecified atom stereocenters. The van der Waals surface area contributed by atoms with Crippen molar-refractivity contribution < 1.29 is 0 Å². The van der Waals surface area contributed by atoms with Crippen molar-refractivity contribution in [1.29, 1.82) is 0 Å². The van der Waals surface area contributed by atoms with Gasteiger partial charge >= 0.3 is 0 Å². The van der Waals surface area contributed by atoms with Crippen LogP contribution in [0.25, 0.3) is 0 Å². The van der Waals surface area contributed by atoms with Gasteiger partial charge < -0.3 is 11.1 Å². The third-order valence-electron chi connectivity index (χ3n) is 3.04. The van der Waals surface area contributed by atoms with Crippen LogP contribution in [-0.4, -0.2) is 27.3 Å². The van der Waals surface area contributed by atoms with Crippen LogP contribution in [0.1, 0.15) is 30.7 Å². The minimum Gasteiger partial charge on any atom is -0.351 e. The van der Waals surface area contributed by atoms with E-state index in [4.69, 9.17) is 5.73 Å². The molecule has 1 saturated carbocycles. The molecule has 1 aliphatic rings. The Morgan fingerprint density at radius 2 is 2.00 bits per heavy atom. The summed E-state index contributed by atoms with van der Waals surface area (Å²) in [6.45, 7) is 4.56. The highest BCUT2D eigenvalue weighted by molar-refractivity contribution is 5.26. The maximum atomic E-state index is 6.08. The Hall–Kier alpha value is -1.23. The molecule has 0 aromatic carbocycles. The molecule has 0 amide bonds. The standard InChI is InChI=1S/C10H17N5/c1-7-8(2)14-15-9(13-7)12-6-10(11)4-3-5-10/h3-6,11H2,1-2H3,(H,12,13,15). The minimum atomic E-state index is -0.0534. The second kappa shape index (κ2) is 3.73. The van der Waals surface area contributed by atoms with E-state index in [1.807, 2.05) is 13.8 Å². The molecule has 0 atom stereocenters. The Balaban J connectivity index is 1.96. The number of nitrogens with one attached hydrogen (secondary N) is 1. The summed E-state index contributed by atoms with van der Waals surface area (Å²) in [6, 6.07) is 0. The van der Waals surface area contributed by atoms with Crippen molar-refractivity contribution in [2.45, 2.75) is 38.6 Å². The zero-order chi connectivity index (χ0) is 10.9. The smallest absolute Gasteiger partial charge is 0.243 e. The lowest BCUT2D eigenvalue weighted by Crippen LogP contribution is -2.52. The Labute approximate surface area is 89.5 Å². The molecular formula is C10H17N5. The summed E-state index contributed by atoms with van der Waals surface area (Å²) < 4.78 is 0. The Morgan fingerprint density at radius 1 is 1.27 bits per heavy atom. The normalized spacial score (nSPS) is 18.3. The summed E-state index contributed by atoms with van der Waals surface area (Å²) in [5.74, 6) is 0.579. The zero-order valence-corrected chi connectivity index (χ0v) is 9.25. The van der Waals surface area contributed by atoms with Crippen LogP contribution < -0.4 is 11.1 Å². The van der Waals surface area contributed by atoms with E-state index in [2.05, 4.69) is 20.5 Å². The molecule has 82 valence electrons. The summed E-state index contributed by atoms with van der Waals surface area (Å²) >= 11 is 0. The number of aryl methyl sites for hydroxylation is 2. The fraction of sp³-hybridized carbons (Fsp3) is 0.700. The van der Waals surface area contributed by atoms with Crippen molar-refractivity contribution in [3.8, 4) is 0 Å². The average molecular weight is 207 g/mol. The number of nitrogens with zero attached hydrogens (tertiary/aromatic N) is 3. The third kappa shape index (κ3) is 2.23. The minimum absolute atomic E-state index is 0.0534. The number of anilines is 1. The van der Waals surface area contributed by atoms with Gasteiger partial charge in [0.2, 0.25) is 5.95 Å². The first kappa shape index (κ1) is 10.3. The molecular weight excluding hydrogens is 190 g/mol. The average Bonchev–Trinajstić information content (AvgIpc) is 2.17. The molecule has 2 rings (SSSR count). The van der Waals surface area contributed by atoms with Gasteiger partial charge in [-0.25, -0.2) is 4.98 Å². The van der Waals surface area contributed by atoms with Crippen LogP contribution in [-0.2, 0) is 0 Å². The Bertz CT molecular complexity index is 359. The van der Waals surface area contributed by atoms with Gasteiger partial charge in [0, 0.05) is 12.1 Å². The van der Waals surface area contributed by atoms with E-state index in [-0.39, 0.29) is 5.54 Å². The number of aromatic nitrogens is 3. The molecule has 1 aliphatic carbocycles. The number of rotatable bonds is 3. The first-order chi connectivity index (χ1) is 7.09. The lowest BCUT2D eigenvalue weighted by molar-refractivity contribution is 0.265. The van der Waals surface area contributed by atoms with E-state index < -0.39 is 0 Å². The van der Waals surface area contributed by atoms with Crippen molar-refractivity contribution in [2.24, 2.45) is 5.73 Å². The van der Waals surface area contributed by atoms with Crippen molar-refractivity contribution in [1.82, 2.24) is 15.2 Å². The van der Waals surface area contributed by atoms with Gasteiger partial charge in [-0.1, -0.05) is 0 Å². The molecule has 3 N–H and O–H groups in total. The highest BCUT2D eigenvalue weighted by Gasteiger charge is 2.32. The summed E-state index contributed by atoms with van der Waals surface area (Å²) in [4.78, 5) is 4.29. The molecule has 0 bridgehead atoms. The molecule has 1 fully saturated rings. The van der Waals surface area contributed by atoms with Crippen LogP contribution in [0, 0.1) is 13.8 Å². The van der Waals surface area contributed by atoms with Gasteiger partial charge in [-0.15, -0.1) is 5.10 Å². The number of hydrogen-bond acceptors (Lipinski definition) is 5. The first-order valence-electron chi connectivity index (χ1n) is 5.30. The van der Waals surface area contributed by atoms with Crippen LogP contribution in [0.4, 0.5) is 5.95 Å². The molecule has 0 spiro atoms. The van der Waals surface area contributed by atoms with Crippen LogP contribution in [0.3, 0.4) is 0 Å². The van der Waals surface area contributed by atoms with Gasteiger partial charge in [0.25, 0.3) is 0 Å². The largest absolute Gasteiger partial charge is 0.351 e. The predicted molar refractivity (Wildman–Crippen MR) is 58.6 cm³/mol. The molecule has 15 heavy (non-hydrogen) atoms. The maximum absolute atomic E-state index is 6.08. The van der Waals surface area contributed by atoms with Gasteiger partial charge in [0.05, 0.1) is 11.4 Å². The quantitative estimate of drug-likeness (QED) is 0.766. The number of hydrogen-bond donors (Lipinski definition) is 2. The Kier molecular flexibility index (Phi) is 2.56. The van der Waals surface area contributed by atoms with Crippen LogP contribution in [0.2, 0.25) is 0 Å². The van der Waals surface area contributed by atoms with Crippen molar-refractivity contribution >= 4 is 5.95 Å². The van der Waals surface area contributed by atoms with E-state index in [0.29, 0.717) is 5.95 Å². The molecule has 1 heterocycles. The van der Waals surface area contributed by atoms with Gasteiger partial charge in [-0.05, 0) is 33.1 Å². The molecule has 5 heteroatoms. The van der Waals surface area contributed by atoms with Crippen LogP contribution in [0.15, 0.2) is 0 Å². The lowest BCUT2D eigenvalue weighted by Gasteiger charge is -2.38. The van der Waals surface area contributed by atoms with E-state index in [1.54, 1.807) is 0 Å². The highest BCUT2D eigenvalue weighted by atomic mass is 15.2. The molecule has 5 nitrogen and oxygen atoms in total. The van der Waals surface area contributed by atoms with Gasteiger partial charge in [0.15, 0.2) is 0 Å². The summed E-state index contributed by atoms with van der Waals surface area (Å²) in [6.07, 6.45) is 3.39. The van der Waals surface area contributed by atoms with Gasteiger partial charge in [-0.2, -0.15) is 5.10 Å². The summed E-state index contributed by atoms with van der Waals surface area (Å²) in [7, 11) is 0. The Morgan fingerprint density at radius 3 is 2.53 bits per heavy atom. The van der Waals surface area contributed by atoms with Gasteiger partial charge in [-0.3, -0.25) is 0 Å². The van der Waals surface area contributed by atoms with Crippen molar-refractivity contribution in [2.75, 3.05) is 11.9 Å². The van der Waals surface area contributed by atoms with Crippen molar-refractivity contribution in [3.63, 3.8) is 0 Å². The molecule has 1 aromatic rings. The topological polar surface area (TPSA) is 76.7 Å². The second-order valence-corrected chi connectivity index (χ2v) is 4.38. The lowest BCUT2D eigenvalue weighted by atomic mass is 9.78. The number of nitrogens with two attached hydrogens (primary N) is 1. The highest BCUT2D eigenvalue weighted by Crippen LogP contribution is 2.28. The molecule has 0 aliphatic heterocycles. The monoisotopic (exact) mass is 207 g/mol. The first-order valence-corrected chi connectivity index (χ1v) is 5.30. The van der Waals surface area contributed by atoms with Crippen molar-refractivity contribution in [3.05, 3.63) is 11.4 Å². The van der Waals surface area contributed by atoms with Crippen LogP contribution >= 0.6 is 0 Å². The van der Waals surface area contributed by atoms with E-state index in [9.17, 15) is 0 Å².